The Morgan fingerprint density at radius 3 is 2.85 bits per heavy atom. The van der Waals surface area contributed by atoms with Gasteiger partial charge in [0, 0.05) is 19.3 Å². The monoisotopic (exact) mass is 179 g/mol. The van der Waals surface area contributed by atoms with Gasteiger partial charge in [-0.05, 0) is 24.3 Å². The van der Waals surface area contributed by atoms with Gasteiger partial charge in [-0.1, -0.05) is 0 Å². The Morgan fingerprint density at radius 1 is 1.54 bits per heavy atom. The van der Waals surface area contributed by atoms with Crippen LogP contribution in [0.15, 0.2) is 12.4 Å². The van der Waals surface area contributed by atoms with E-state index in [2.05, 4.69) is 10.2 Å². The third-order valence-electron chi connectivity index (χ3n) is 2.67. The summed E-state index contributed by atoms with van der Waals surface area (Å²) in [4.78, 5) is 12.3. The van der Waals surface area contributed by atoms with Crippen LogP contribution in [-0.4, -0.2) is 34.6 Å². The molecule has 1 saturated heterocycles. The lowest BCUT2D eigenvalue weighted by Gasteiger charge is -2.28. The number of H-pyrrole nitrogens is 1. The van der Waals surface area contributed by atoms with E-state index in [0.717, 1.165) is 32.3 Å². The van der Waals surface area contributed by atoms with Crippen molar-refractivity contribution in [1.82, 2.24) is 15.1 Å². The first-order valence-corrected chi connectivity index (χ1v) is 4.58. The lowest BCUT2D eigenvalue weighted by atomic mass is 9.92. The van der Waals surface area contributed by atoms with Crippen LogP contribution in [0.2, 0.25) is 0 Å². The topological polar surface area (TPSA) is 49.0 Å². The summed E-state index contributed by atoms with van der Waals surface area (Å²) in [5, 5.41) is 6.75. The maximum Gasteiger partial charge on any atom is 0.209 e. The standard InChI is InChI=1S/C9H13N3O/c13-7-12-3-1-8(2-4-12)9-5-10-11-6-9/h5-8H,1-4H2,(H,10,11). The summed E-state index contributed by atoms with van der Waals surface area (Å²) in [6, 6.07) is 0. The van der Waals surface area contributed by atoms with E-state index in [1.807, 2.05) is 17.3 Å². The van der Waals surface area contributed by atoms with Crippen molar-refractivity contribution >= 4 is 6.41 Å². The molecule has 0 saturated carbocycles. The van der Waals surface area contributed by atoms with Gasteiger partial charge < -0.3 is 4.90 Å². The number of aromatic amines is 1. The molecule has 1 aromatic rings. The van der Waals surface area contributed by atoms with E-state index < -0.39 is 0 Å². The fourth-order valence-corrected chi connectivity index (χ4v) is 1.82. The van der Waals surface area contributed by atoms with Gasteiger partial charge in [-0.25, -0.2) is 0 Å². The molecule has 0 spiro atoms. The van der Waals surface area contributed by atoms with Crippen LogP contribution in [0, 0.1) is 0 Å². The van der Waals surface area contributed by atoms with Gasteiger partial charge in [0.15, 0.2) is 0 Å². The predicted molar refractivity (Wildman–Crippen MR) is 48.2 cm³/mol. The highest BCUT2D eigenvalue weighted by atomic mass is 16.1. The highest BCUT2D eigenvalue weighted by Gasteiger charge is 2.19. The third kappa shape index (κ3) is 1.71. The largest absolute Gasteiger partial charge is 0.345 e. The average molecular weight is 179 g/mol. The van der Waals surface area contributed by atoms with Crippen molar-refractivity contribution in [2.24, 2.45) is 0 Å². The summed E-state index contributed by atoms with van der Waals surface area (Å²) >= 11 is 0. The number of rotatable bonds is 2. The van der Waals surface area contributed by atoms with Gasteiger partial charge in [0.2, 0.25) is 6.41 Å². The molecule has 13 heavy (non-hydrogen) atoms. The van der Waals surface area contributed by atoms with Crippen molar-refractivity contribution in [2.75, 3.05) is 13.1 Å². The van der Waals surface area contributed by atoms with E-state index in [-0.39, 0.29) is 0 Å². The quantitative estimate of drug-likeness (QED) is 0.681. The zero-order valence-electron chi connectivity index (χ0n) is 7.44. The Kier molecular flexibility index (Phi) is 2.29. The molecule has 70 valence electrons. The van der Waals surface area contributed by atoms with Crippen LogP contribution in [0.5, 0.6) is 0 Å². The number of piperidine rings is 1. The van der Waals surface area contributed by atoms with Crippen LogP contribution in [0.1, 0.15) is 24.3 Å². The van der Waals surface area contributed by atoms with Crippen molar-refractivity contribution < 1.29 is 4.79 Å². The Balaban J connectivity index is 1.95. The lowest BCUT2D eigenvalue weighted by molar-refractivity contribution is -0.119. The minimum absolute atomic E-state index is 0.579. The molecule has 0 unspecified atom stereocenters. The van der Waals surface area contributed by atoms with Crippen LogP contribution < -0.4 is 0 Å². The maximum atomic E-state index is 10.5. The molecule has 4 nitrogen and oxygen atoms in total. The molecule has 1 aliphatic heterocycles. The zero-order chi connectivity index (χ0) is 9.10. The first-order valence-electron chi connectivity index (χ1n) is 4.58. The first-order chi connectivity index (χ1) is 6.40. The van der Waals surface area contributed by atoms with E-state index in [1.54, 1.807) is 0 Å². The van der Waals surface area contributed by atoms with Gasteiger partial charge in [-0.15, -0.1) is 0 Å². The molecule has 2 heterocycles. The summed E-state index contributed by atoms with van der Waals surface area (Å²) in [5.74, 6) is 0.579. The van der Waals surface area contributed by atoms with E-state index in [0.29, 0.717) is 5.92 Å². The van der Waals surface area contributed by atoms with Crippen molar-refractivity contribution in [3.63, 3.8) is 0 Å². The van der Waals surface area contributed by atoms with Crippen LogP contribution in [0.25, 0.3) is 0 Å². The van der Waals surface area contributed by atoms with Gasteiger partial charge in [-0.2, -0.15) is 5.10 Å². The minimum Gasteiger partial charge on any atom is -0.345 e. The summed E-state index contributed by atoms with van der Waals surface area (Å²) in [5.41, 5.74) is 1.27. The molecule has 1 aromatic heterocycles. The lowest BCUT2D eigenvalue weighted by Crippen LogP contribution is -2.31. The van der Waals surface area contributed by atoms with E-state index >= 15 is 0 Å². The Morgan fingerprint density at radius 2 is 2.31 bits per heavy atom. The molecule has 0 radical (unpaired) electrons. The molecule has 0 bridgehead atoms. The highest BCUT2D eigenvalue weighted by molar-refractivity contribution is 5.47. The van der Waals surface area contributed by atoms with Crippen LogP contribution in [0.3, 0.4) is 0 Å². The van der Waals surface area contributed by atoms with Gasteiger partial charge in [0.05, 0.1) is 6.20 Å². The second-order valence-corrected chi connectivity index (χ2v) is 3.45. The minimum atomic E-state index is 0.579. The normalized spacial score (nSPS) is 18.9. The van der Waals surface area contributed by atoms with Crippen LogP contribution in [-0.2, 0) is 4.79 Å². The molecule has 1 fully saturated rings. The molecule has 4 heteroatoms. The first kappa shape index (κ1) is 8.29. The molecule has 0 aliphatic carbocycles. The van der Waals surface area contributed by atoms with Crippen molar-refractivity contribution in [1.29, 1.82) is 0 Å². The number of carbonyl (C=O) groups excluding carboxylic acids is 1. The smallest absolute Gasteiger partial charge is 0.209 e. The highest BCUT2D eigenvalue weighted by Crippen LogP contribution is 2.26. The van der Waals surface area contributed by atoms with Gasteiger partial charge in [0.25, 0.3) is 0 Å². The molecular weight excluding hydrogens is 166 g/mol. The summed E-state index contributed by atoms with van der Waals surface area (Å²) in [7, 11) is 0. The third-order valence-corrected chi connectivity index (χ3v) is 2.67. The second-order valence-electron chi connectivity index (χ2n) is 3.45. The molecule has 2 rings (SSSR count). The number of nitrogens with zero attached hydrogens (tertiary/aromatic N) is 2. The van der Waals surface area contributed by atoms with E-state index in [4.69, 9.17) is 0 Å². The Hall–Kier alpha value is -1.32. The van der Waals surface area contributed by atoms with Gasteiger partial charge in [-0.3, -0.25) is 9.89 Å². The van der Waals surface area contributed by atoms with E-state index in [1.165, 1.54) is 5.56 Å². The SMILES string of the molecule is O=CN1CCC(c2cn[nH]c2)CC1. The molecule has 1 aliphatic rings. The summed E-state index contributed by atoms with van der Waals surface area (Å²) < 4.78 is 0. The fourth-order valence-electron chi connectivity index (χ4n) is 1.82. The van der Waals surface area contributed by atoms with Crippen molar-refractivity contribution in [2.45, 2.75) is 18.8 Å². The number of hydrogen-bond donors (Lipinski definition) is 1. The molecule has 0 aromatic carbocycles. The molecule has 0 atom stereocenters. The second kappa shape index (κ2) is 3.60. The van der Waals surface area contributed by atoms with Crippen LogP contribution in [0.4, 0.5) is 0 Å². The molecule has 1 amide bonds. The van der Waals surface area contributed by atoms with Gasteiger partial charge >= 0.3 is 0 Å². The number of aromatic nitrogens is 2. The van der Waals surface area contributed by atoms with Crippen molar-refractivity contribution in [3.05, 3.63) is 18.0 Å². The van der Waals surface area contributed by atoms with E-state index in [9.17, 15) is 4.79 Å². The number of amides is 1. The number of nitrogens with one attached hydrogen (secondary N) is 1. The van der Waals surface area contributed by atoms with Crippen molar-refractivity contribution in [3.8, 4) is 0 Å². The average Bonchev–Trinajstić information content (AvgIpc) is 2.71. The molecule has 1 N–H and O–H groups in total. The number of carbonyl (C=O) groups is 1. The molecular formula is C9H13N3O. The maximum absolute atomic E-state index is 10.5. The summed E-state index contributed by atoms with van der Waals surface area (Å²) in [6.45, 7) is 1.75. The zero-order valence-corrected chi connectivity index (χ0v) is 7.44. The summed E-state index contributed by atoms with van der Waals surface area (Å²) in [6.07, 6.45) is 6.87. The fraction of sp³-hybridized carbons (Fsp3) is 0.556. The van der Waals surface area contributed by atoms with Gasteiger partial charge in [0.1, 0.15) is 0 Å². The number of hydrogen-bond acceptors (Lipinski definition) is 2. The van der Waals surface area contributed by atoms with Crippen LogP contribution >= 0.6 is 0 Å². The Labute approximate surface area is 76.9 Å². The Bertz CT molecular complexity index is 262. The predicted octanol–water partition coefficient (Wildman–Crippen LogP) is 0.745. The number of likely N-dealkylation sites (tertiary alicyclic amines) is 1.